The van der Waals surface area contributed by atoms with Gasteiger partial charge < -0.3 is 48.9 Å². The number of nitrogens with one attached hydrogen (secondary N) is 1. The molecule has 0 bridgehead atoms. The van der Waals surface area contributed by atoms with Gasteiger partial charge >= 0.3 is 5.97 Å². The summed E-state index contributed by atoms with van der Waals surface area (Å²) in [4.78, 5) is 45.8. The van der Waals surface area contributed by atoms with Crippen molar-refractivity contribution in [2.75, 3.05) is 0 Å². The molecule has 0 radical (unpaired) electrons. The molecular weight excluding hydrogens is 811 g/mol. The average Bonchev–Trinajstić information content (AvgIpc) is 3.61. The van der Waals surface area contributed by atoms with Crippen molar-refractivity contribution < 1.29 is 63.3 Å². The SMILES string of the molecule is CC[C@@H](C(=O)[C@@H](C)[C@@H](O)[C@H](C)[C@@H]1O[C@@H]([C@@H](CC)C(=O)ONC(=O)c2ccccc2O)CC[C@@H]1C)[C@H]1O[C@]2(C=C[C@H](O)[C@]3(CC[C@@](C)([C@H]4CC[C@](O)(CC)[C@H](C)O4)O3)O2)[C@H](C)C[C@@H]1C. The second-order valence-corrected chi connectivity index (χ2v) is 19.9. The number of hydrogen-bond donors (Lipinski definition) is 5. The first kappa shape index (κ1) is 49.5. The molecule has 0 saturated carbocycles. The minimum Gasteiger partial charge on any atom is -0.507 e. The number of hydroxylamine groups is 1. The summed E-state index contributed by atoms with van der Waals surface area (Å²) >= 11 is 0. The van der Waals surface area contributed by atoms with Crippen molar-refractivity contribution in [1.82, 2.24) is 5.48 Å². The minimum atomic E-state index is -1.40. The fourth-order valence-corrected chi connectivity index (χ4v) is 11.4. The van der Waals surface area contributed by atoms with Gasteiger partial charge in [-0.2, -0.15) is 5.48 Å². The molecule has 63 heavy (non-hydrogen) atoms. The fourth-order valence-electron chi connectivity index (χ4n) is 11.4. The Morgan fingerprint density at radius 3 is 2.25 bits per heavy atom. The number of carbonyl (C=O) groups excluding carboxylic acids is 3. The summed E-state index contributed by atoms with van der Waals surface area (Å²) < 4.78 is 33.8. The lowest BCUT2D eigenvalue weighted by Crippen LogP contribution is -2.63. The van der Waals surface area contributed by atoms with E-state index in [0.717, 1.165) is 6.42 Å². The highest BCUT2D eigenvalue weighted by Gasteiger charge is 2.63. The van der Waals surface area contributed by atoms with Crippen LogP contribution in [0.2, 0.25) is 0 Å². The summed E-state index contributed by atoms with van der Waals surface area (Å²) in [6, 6.07) is 5.95. The molecule has 5 aliphatic rings. The number of benzene rings is 1. The smallest absolute Gasteiger partial charge is 0.337 e. The largest absolute Gasteiger partial charge is 0.507 e. The van der Waals surface area contributed by atoms with E-state index < -0.39 is 88.8 Å². The van der Waals surface area contributed by atoms with Crippen molar-refractivity contribution in [3.05, 3.63) is 42.0 Å². The molecule has 14 heteroatoms. The third-order valence-corrected chi connectivity index (χ3v) is 15.8. The second kappa shape index (κ2) is 19.5. The molecule has 0 aliphatic carbocycles. The molecule has 5 N–H and O–H groups in total. The maximum Gasteiger partial charge on any atom is 0.337 e. The predicted octanol–water partition coefficient (Wildman–Crippen LogP) is 6.70. The number of amides is 1. The molecule has 2 spiro atoms. The number of hydrogen-bond acceptors (Lipinski definition) is 13. The van der Waals surface area contributed by atoms with Gasteiger partial charge in [-0.3, -0.25) is 9.59 Å². The first-order valence-corrected chi connectivity index (χ1v) is 23.7. The van der Waals surface area contributed by atoms with Crippen LogP contribution in [0.3, 0.4) is 0 Å². The number of Topliss-reactive ketones (excluding diaryl/α,β-unsaturated/α-hetero) is 1. The number of rotatable bonds is 13. The third kappa shape index (κ3) is 9.66. The lowest BCUT2D eigenvalue weighted by molar-refractivity contribution is -0.409. The fraction of sp³-hybridized carbons (Fsp3) is 0.776. The van der Waals surface area contributed by atoms with Gasteiger partial charge in [-0.05, 0) is 108 Å². The Bertz CT molecular complexity index is 1810. The zero-order valence-corrected chi connectivity index (χ0v) is 39.1. The number of phenols is 1. The van der Waals surface area contributed by atoms with E-state index in [1.165, 1.54) is 12.1 Å². The normalized spacial score (nSPS) is 40.5. The Kier molecular flexibility index (Phi) is 15.3. The second-order valence-electron chi connectivity index (χ2n) is 19.9. The van der Waals surface area contributed by atoms with Crippen LogP contribution in [-0.2, 0) is 38.1 Å². The Labute approximate surface area is 373 Å². The number of aliphatic hydroxyl groups excluding tert-OH is 2. The molecule has 18 atom stereocenters. The zero-order chi connectivity index (χ0) is 46.2. The van der Waals surface area contributed by atoms with Gasteiger partial charge in [0, 0.05) is 30.1 Å². The Morgan fingerprint density at radius 2 is 1.60 bits per heavy atom. The van der Waals surface area contributed by atoms with Crippen LogP contribution >= 0.6 is 0 Å². The summed E-state index contributed by atoms with van der Waals surface area (Å²) in [6.45, 7) is 19.5. The topological polar surface area (TPSA) is 200 Å². The van der Waals surface area contributed by atoms with Crippen molar-refractivity contribution in [1.29, 1.82) is 0 Å². The van der Waals surface area contributed by atoms with Crippen LogP contribution in [0.25, 0.3) is 0 Å². The predicted molar refractivity (Wildman–Crippen MR) is 233 cm³/mol. The molecule has 4 fully saturated rings. The molecule has 1 aromatic rings. The van der Waals surface area contributed by atoms with E-state index in [1.807, 2.05) is 48.5 Å². The maximum absolute atomic E-state index is 14.6. The molecule has 5 heterocycles. The highest BCUT2D eigenvalue weighted by atomic mass is 16.8. The van der Waals surface area contributed by atoms with Gasteiger partial charge in [-0.25, -0.2) is 4.79 Å². The molecule has 354 valence electrons. The van der Waals surface area contributed by atoms with Crippen LogP contribution in [0, 0.1) is 41.4 Å². The van der Waals surface area contributed by atoms with Gasteiger partial charge in [0.05, 0.1) is 59.3 Å². The highest BCUT2D eigenvalue weighted by molar-refractivity contribution is 5.96. The standard InChI is InChI=1S/C49H75NO13/c1-11-33(45(56)61-50-44(55)35-16-14-15-17-36(35)51)37-19-18-27(4)42(59-37)31(8)40(53)30(7)41(54)34(12-2)43-28(5)26-29(6)48(60-43)23-20-38(52)49(63-48)25-24-46(10,62-49)39-21-22-47(57,13-3)32(9)58-39/h14-17,20,23,27-34,37-40,42-43,51-53,57H,11-13,18-19,21-22,24-26H2,1-10H3,(H,50,55)/t27-,28-,29+,30-,31-,32-,33+,34-,37+,38-,39+,40+,42+,43-,46-,47+,48-,49-/m0/s1. The van der Waals surface area contributed by atoms with Gasteiger partial charge in [0.1, 0.15) is 17.6 Å². The molecule has 0 unspecified atom stereocenters. The van der Waals surface area contributed by atoms with Gasteiger partial charge in [0.15, 0.2) is 5.79 Å². The molecule has 1 aromatic carbocycles. The summed E-state index contributed by atoms with van der Waals surface area (Å²) in [7, 11) is 0. The van der Waals surface area contributed by atoms with Crippen molar-refractivity contribution in [2.24, 2.45) is 41.4 Å². The summed E-state index contributed by atoms with van der Waals surface area (Å²) in [5, 5.41) is 44.6. The van der Waals surface area contributed by atoms with E-state index in [9.17, 15) is 34.8 Å². The van der Waals surface area contributed by atoms with E-state index in [-0.39, 0.29) is 47.1 Å². The van der Waals surface area contributed by atoms with Crippen LogP contribution in [-0.4, -0.2) is 104 Å². The van der Waals surface area contributed by atoms with Crippen LogP contribution < -0.4 is 5.48 Å². The number of aliphatic hydroxyl groups is 3. The molecule has 1 amide bonds. The van der Waals surface area contributed by atoms with Gasteiger partial charge in [0.2, 0.25) is 5.79 Å². The van der Waals surface area contributed by atoms with E-state index in [4.69, 9.17) is 28.5 Å². The van der Waals surface area contributed by atoms with E-state index in [1.54, 1.807) is 31.2 Å². The highest BCUT2D eigenvalue weighted by Crippen LogP contribution is 2.54. The molecule has 5 aliphatic heterocycles. The van der Waals surface area contributed by atoms with Crippen molar-refractivity contribution in [2.45, 2.75) is 199 Å². The van der Waals surface area contributed by atoms with Crippen LogP contribution in [0.15, 0.2) is 36.4 Å². The Balaban J connectivity index is 1.11. The van der Waals surface area contributed by atoms with Crippen molar-refractivity contribution in [3.8, 4) is 5.75 Å². The van der Waals surface area contributed by atoms with Crippen molar-refractivity contribution >= 4 is 17.7 Å². The lowest BCUT2D eigenvalue weighted by Gasteiger charge is -2.54. The molecule has 0 aromatic heterocycles. The van der Waals surface area contributed by atoms with E-state index in [0.29, 0.717) is 57.8 Å². The lowest BCUT2D eigenvalue weighted by atomic mass is 9.72. The monoisotopic (exact) mass is 886 g/mol. The molecular formula is C49H75NO13. The first-order valence-electron chi connectivity index (χ1n) is 23.7. The van der Waals surface area contributed by atoms with Crippen LogP contribution in [0.4, 0.5) is 0 Å². The Hall–Kier alpha value is -2.95. The average molecular weight is 886 g/mol. The first-order chi connectivity index (χ1) is 29.7. The van der Waals surface area contributed by atoms with Crippen molar-refractivity contribution in [3.63, 3.8) is 0 Å². The minimum absolute atomic E-state index is 0.0257. The van der Waals surface area contributed by atoms with Gasteiger partial charge in [-0.1, -0.05) is 67.5 Å². The number of ketones is 1. The van der Waals surface area contributed by atoms with E-state index >= 15 is 0 Å². The number of phenolic OH excluding ortho intramolecular Hbond substituents is 1. The number of carbonyl (C=O) groups is 3. The summed E-state index contributed by atoms with van der Waals surface area (Å²) in [5.74, 6) is -7.14. The number of ether oxygens (including phenoxy) is 5. The quantitative estimate of drug-likeness (QED) is 0.104. The Morgan fingerprint density at radius 1 is 0.905 bits per heavy atom. The van der Waals surface area contributed by atoms with Gasteiger partial charge in [0.25, 0.3) is 5.91 Å². The zero-order valence-electron chi connectivity index (χ0n) is 39.1. The molecule has 4 saturated heterocycles. The summed E-state index contributed by atoms with van der Waals surface area (Å²) in [5.41, 5.74) is 0.447. The maximum atomic E-state index is 14.6. The third-order valence-electron chi connectivity index (χ3n) is 15.8. The summed E-state index contributed by atoms with van der Waals surface area (Å²) in [6.07, 6.45) is 4.66. The number of aromatic hydroxyl groups is 1. The van der Waals surface area contributed by atoms with Crippen LogP contribution in [0.5, 0.6) is 5.75 Å². The molecule has 14 nitrogen and oxygen atoms in total. The van der Waals surface area contributed by atoms with Crippen LogP contribution in [0.1, 0.15) is 144 Å². The van der Waals surface area contributed by atoms with Gasteiger partial charge in [-0.15, -0.1) is 0 Å². The number of para-hydroxylation sites is 1. The van der Waals surface area contributed by atoms with E-state index in [2.05, 4.69) is 19.3 Å². The molecule has 6 rings (SSSR count).